The third-order valence-electron chi connectivity index (χ3n) is 5.76. The molecule has 30 heavy (non-hydrogen) atoms. The van der Waals surface area contributed by atoms with Gasteiger partial charge in [-0.1, -0.05) is 0 Å². The van der Waals surface area contributed by atoms with E-state index in [1.165, 1.54) is 12.1 Å². The van der Waals surface area contributed by atoms with Crippen LogP contribution in [0.25, 0.3) is 11.3 Å². The molecule has 7 heteroatoms. The lowest BCUT2D eigenvalue weighted by atomic mass is 10.00. The molecule has 2 aromatic rings. The van der Waals surface area contributed by atoms with Crippen LogP contribution in [-0.4, -0.2) is 50.2 Å². The smallest absolute Gasteiger partial charge is 0.260 e. The number of anilines is 2. The minimum atomic E-state index is -0.377. The number of morpholine rings is 1. The molecule has 0 atom stereocenters. The second kappa shape index (κ2) is 8.08. The highest BCUT2D eigenvalue weighted by Crippen LogP contribution is 2.42. The van der Waals surface area contributed by atoms with E-state index in [9.17, 15) is 9.18 Å². The summed E-state index contributed by atoms with van der Waals surface area (Å²) in [5.74, 6) is -0.118. The lowest BCUT2D eigenvalue weighted by Crippen LogP contribution is -2.37. The van der Waals surface area contributed by atoms with Gasteiger partial charge in [0.2, 0.25) is 0 Å². The van der Waals surface area contributed by atoms with Crippen LogP contribution in [-0.2, 0) is 20.9 Å². The number of nitrogens with zero attached hydrogens (tertiary/aromatic N) is 1. The largest absolute Gasteiger partial charge is 0.487 e. The van der Waals surface area contributed by atoms with E-state index < -0.39 is 0 Å². The van der Waals surface area contributed by atoms with Crippen molar-refractivity contribution < 1.29 is 18.7 Å². The van der Waals surface area contributed by atoms with Crippen molar-refractivity contribution in [2.24, 2.45) is 0 Å². The molecular weight excluding hydrogens is 385 g/mol. The van der Waals surface area contributed by atoms with Crippen molar-refractivity contribution in [2.75, 3.05) is 50.0 Å². The van der Waals surface area contributed by atoms with E-state index in [1.807, 2.05) is 12.1 Å². The van der Waals surface area contributed by atoms with E-state index in [1.54, 1.807) is 6.07 Å². The molecule has 3 heterocycles. The summed E-state index contributed by atoms with van der Waals surface area (Å²) in [5, 5.41) is 6.26. The first-order valence-corrected chi connectivity index (χ1v) is 10.3. The van der Waals surface area contributed by atoms with E-state index >= 15 is 0 Å². The molecule has 3 aliphatic rings. The van der Waals surface area contributed by atoms with Gasteiger partial charge < -0.3 is 20.1 Å². The maximum absolute atomic E-state index is 13.7. The lowest BCUT2D eigenvalue weighted by molar-refractivity contribution is -0.110. The number of amides is 1. The van der Waals surface area contributed by atoms with Crippen molar-refractivity contribution in [1.29, 1.82) is 0 Å². The third kappa shape index (κ3) is 3.66. The maximum atomic E-state index is 13.7. The molecule has 0 aromatic heterocycles. The Kier molecular flexibility index (Phi) is 5.14. The van der Waals surface area contributed by atoms with Gasteiger partial charge in [-0.3, -0.25) is 9.69 Å². The van der Waals surface area contributed by atoms with Crippen molar-refractivity contribution >= 4 is 28.6 Å². The zero-order chi connectivity index (χ0) is 20.5. The highest BCUT2D eigenvalue weighted by molar-refractivity contribution is 6.36. The Morgan fingerprint density at radius 2 is 1.97 bits per heavy atom. The fraction of sp³-hybridized carbons (Fsp3) is 0.348. The Morgan fingerprint density at radius 3 is 2.83 bits per heavy atom. The van der Waals surface area contributed by atoms with Crippen LogP contribution in [0.15, 0.2) is 36.4 Å². The fourth-order valence-corrected chi connectivity index (χ4v) is 4.20. The van der Waals surface area contributed by atoms with Crippen molar-refractivity contribution in [3.63, 3.8) is 0 Å². The van der Waals surface area contributed by atoms with Crippen molar-refractivity contribution in [3.8, 4) is 0 Å². The standard InChI is InChI=1S/C23H24FN3O3/c24-16-2-5-20-19(13-16)21(23(28)26-20)22-18-4-3-17(12-15(18)14-30-22)25-6-1-7-27-8-10-29-11-9-27/h2-5,12-13,25H,1,6-11,14H2,(H,26,28). The van der Waals surface area contributed by atoms with E-state index in [4.69, 9.17) is 9.47 Å². The van der Waals surface area contributed by atoms with Crippen LogP contribution in [0.5, 0.6) is 0 Å². The number of carbonyl (C=O) groups excluding carboxylic acids is 1. The van der Waals surface area contributed by atoms with Gasteiger partial charge >= 0.3 is 0 Å². The SMILES string of the molecule is O=C1Nc2ccc(F)cc2C1=C1OCc2cc(NCCCN3CCOCC3)ccc21. The average Bonchev–Trinajstić information content (AvgIpc) is 3.31. The summed E-state index contributed by atoms with van der Waals surface area (Å²) in [5.41, 5.74) is 4.50. The first kappa shape index (κ1) is 19.1. The van der Waals surface area contributed by atoms with E-state index in [0.29, 0.717) is 29.2 Å². The number of carbonyl (C=O) groups is 1. The summed E-state index contributed by atoms with van der Waals surface area (Å²) in [7, 11) is 0. The average molecular weight is 409 g/mol. The molecule has 0 spiro atoms. The molecule has 0 radical (unpaired) electrons. The van der Waals surface area contributed by atoms with Crippen LogP contribution < -0.4 is 10.6 Å². The summed E-state index contributed by atoms with van der Waals surface area (Å²) in [6, 6.07) is 10.3. The molecule has 5 rings (SSSR count). The molecule has 6 nitrogen and oxygen atoms in total. The van der Waals surface area contributed by atoms with Gasteiger partial charge in [-0.2, -0.15) is 0 Å². The van der Waals surface area contributed by atoms with Crippen LogP contribution in [0.2, 0.25) is 0 Å². The second-order valence-corrected chi connectivity index (χ2v) is 7.74. The second-order valence-electron chi connectivity index (χ2n) is 7.74. The van der Waals surface area contributed by atoms with Gasteiger partial charge in [-0.05, 0) is 49.4 Å². The van der Waals surface area contributed by atoms with Gasteiger partial charge in [0.05, 0.1) is 18.8 Å². The minimum absolute atomic E-state index is 0.260. The van der Waals surface area contributed by atoms with Crippen LogP contribution in [0.3, 0.4) is 0 Å². The van der Waals surface area contributed by atoms with Crippen molar-refractivity contribution in [2.45, 2.75) is 13.0 Å². The summed E-state index contributed by atoms with van der Waals surface area (Å²) in [6.07, 6.45) is 1.06. The van der Waals surface area contributed by atoms with Crippen LogP contribution in [0.1, 0.15) is 23.1 Å². The molecular formula is C23H24FN3O3. The Balaban J connectivity index is 1.29. The number of rotatable bonds is 5. The highest BCUT2D eigenvalue weighted by atomic mass is 19.1. The third-order valence-corrected chi connectivity index (χ3v) is 5.76. The van der Waals surface area contributed by atoms with Gasteiger partial charge in [0.25, 0.3) is 5.91 Å². The Hall–Kier alpha value is -2.90. The van der Waals surface area contributed by atoms with Crippen LogP contribution >= 0.6 is 0 Å². The molecule has 0 saturated carbocycles. The van der Waals surface area contributed by atoms with Crippen LogP contribution in [0, 0.1) is 5.82 Å². The number of hydrogen-bond donors (Lipinski definition) is 2. The number of ether oxygens (including phenoxy) is 2. The van der Waals surface area contributed by atoms with Gasteiger partial charge in [0.1, 0.15) is 18.2 Å². The van der Waals surface area contributed by atoms with Crippen LogP contribution in [0.4, 0.5) is 15.8 Å². The fourth-order valence-electron chi connectivity index (χ4n) is 4.20. The van der Waals surface area contributed by atoms with Gasteiger partial charge in [-0.15, -0.1) is 0 Å². The predicted molar refractivity (Wildman–Crippen MR) is 113 cm³/mol. The minimum Gasteiger partial charge on any atom is -0.487 e. The van der Waals surface area contributed by atoms with Crippen molar-refractivity contribution in [1.82, 2.24) is 4.90 Å². The van der Waals surface area contributed by atoms with Gasteiger partial charge in [-0.25, -0.2) is 4.39 Å². The van der Waals surface area contributed by atoms with Gasteiger partial charge in [0.15, 0.2) is 0 Å². The molecule has 2 aromatic carbocycles. The molecule has 1 fully saturated rings. The molecule has 1 amide bonds. The Bertz CT molecular complexity index is 1010. The molecule has 2 N–H and O–H groups in total. The van der Waals surface area contributed by atoms with E-state index in [0.717, 1.165) is 62.6 Å². The predicted octanol–water partition coefficient (Wildman–Crippen LogP) is 3.31. The zero-order valence-electron chi connectivity index (χ0n) is 16.7. The summed E-state index contributed by atoms with van der Waals surface area (Å²) >= 11 is 0. The summed E-state index contributed by atoms with van der Waals surface area (Å²) in [4.78, 5) is 14.9. The maximum Gasteiger partial charge on any atom is 0.260 e. The molecule has 0 aliphatic carbocycles. The van der Waals surface area contributed by atoms with Crippen molar-refractivity contribution in [3.05, 3.63) is 58.9 Å². The Labute approximate surface area is 174 Å². The molecule has 0 bridgehead atoms. The van der Waals surface area contributed by atoms with E-state index in [2.05, 4.69) is 21.6 Å². The highest BCUT2D eigenvalue weighted by Gasteiger charge is 2.32. The summed E-state index contributed by atoms with van der Waals surface area (Å²) < 4.78 is 25.0. The quantitative estimate of drug-likeness (QED) is 0.586. The number of hydrogen-bond acceptors (Lipinski definition) is 5. The first-order chi connectivity index (χ1) is 14.7. The number of benzene rings is 2. The Morgan fingerprint density at radius 1 is 1.10 bits per heavy atom. The topological polar surface area (TPSA) is 62.8 Å². The molecule has 0 unspecified atom stereocenters. The van der Waals surface area contributed by atoms with E-state index in [-0.39, 0.29) is 11.7 Å². The molecule has 1 saturated heterocycles. The van der Waals surface area contributed by atoms with Gasteiger partial charge in [0, 0.05) is 47.7 Å². The molecule has 156 valence electrons. The number of halogens is 1. The normalized spacial score (nSPS) is 20.5. The molecule has 3 aliphatic heterocycles. The zero-order valence-corrected chi connectivity index (χ0v) is 16.7. The number of fused-ring (bicyclic) bond motifs is 2. The first-order valence-electron chi connectivity index (χ1n) is 10.3. The summed E-state index contributed by atoms with van der Waals surface area (Å²) in [6.45, 7) is 6.01. The monoisotopic (exact) mass is 409 g/mol. The lowest BCUT2D eigenvalue weighted by Gasteiger charge is -2.26. The number of nitrogens with one attached hydrogen (secondary N) is 2.